The highest BCUT2D eigenvalue weighted by molar-refractivity contribution is 6.32. The van der Waals surface area contributed by atoms with Gasteiger partial charge >= 0.3 is 0 Å². The first-order valence-corrected chi connectivity index (χ1v) is 7.41. The summed E-state index contributed by atoms with van der Waals surface area (Å²) in [6.07, 6.45) is 2.84. The lowest BCUT2D eigenvalue weighted by atomic mass is 10.1. The molecular formula is C15H9ClN6O3. The second-order valence-electron chi connectivity index (χ2n) is 5.25. The Morgan fingerprint density at radius 3 is 2.60 bits per heavy atom. The second-order valence-corrected chi connectivity index (χ2v) is 5.66. The van der Waals surface area contributed by atoms with Gasteiger partial charge in [0, 0.05) is 6.07 Å². The van der Waals surface area contributed by atoms with Gasteiger partial charge in [0.15, 0.2) is 0 Å². The second kappa shape index (κ2) is 5.28. The van der Waals surface area contributed by atoms with E-state index in [1.165, 1.54) is 23.4 Å². The Kier molecular flexibility index (Phi) is 3.19. The summed E-state index contributed by atoms with van der Waals surface area (Å²) in [6, 6.07) is 5.82. The molecule has 2 aromatic heterocycles. The van der Waals surface area contributed by atoms with Crippen LogP contribution in [0.3, 0.4) is 0 Å². The zero-order chi connectivity index (χ0) is 17.7. The van der Waals surface area contributed by atoms with Gasteiger partial charge in [-0.3, -0.25) is 24.3 Å². The predicted octanol–water partition coefficient (Wildman–Crippen LogP) is 0.537. The molecule has 25 heavy (non-hydrogen) atoms. The van der Waals surface area contributed by atoms with E-state index in [2.05, 4.69) is 15.4 Å². The number of nitrogen functional groups attached to an aromatic ring is 1. The number of amides is 2. The van der Waals surface area contributed by atoms with Gasteiger partial charge in [-0.1, -0.05) is 11.6 Å². The van der Waals surface area contributed by atoms with Crippen LogP contribution in [-0.4, -0.2) is 31.1 Å². The fourth-order valence-corrected chi connectivity index (χ4v) is 2.96. The van der Waals surface area contributed by atoms with E-state index in [1.807, 2.05) is 0 Å². The summed E-state index contributed by atoms with van der Waals surface area (Å²) < 4.78 is 2.58. The van der Waals surface area contributed by atoms with Gasteiger partial charge in [0.25, 0.3) is 17.4 Å². The highest BCUT2D eigenvalue weighted by atomic mass is 35.5. The summed E-state index contributed by atoms with van der Waals surface area (Å²) in [6.45, 7) is 0. The number of fused-ring (bicyclic) bond motifs is 1. The average Bonchev–Trinajstić information content (AvgIpc) is 3.16. The first kappa shape index (κ1) is 15.1. The highest BCUT2D eigenvalue weighted by Gasteiger charge is 2.31. The molecular weight excluding hydrogens is 348 g/mol. The average molecular weight is 357 g/mol. The van der Waals surface area contributed by atoms with Crippen molar-refractivity contribution in [1.29, 1.82) is 0 Å². The molecule has 3 heterocycles. The Balaban J connectivity index is 1.91. The van der Waals surface area contributed by atoms with Crippen molar-refractivity contribution in [1.82, 2.24) is 24.6 Å². The van der Waals surface area contributed by atoms with Crippen LogP contribution in [0.25, 0.3) is 11.4 Å². The number of hydrogen-bond donors (Lipinski definition) is 2. The third kappa shape index (κ3) is 2.21. The van der Waals surface area contributed by atoms with Gasteiger partial charge < -0.3 is 5.73 Å². The van der Waals surface area contributed by atoms with Gasteiger partial charge in [-0.2, -0.15) is 5.10 Å². The third-order valence-electron chi connectivity index (χ3n) is 3.81. The number of benzene rings is 1. The van der Waals surface area contributed by atoms with E-state index in [0.29, 0.717) is 16.4 Å². The SMILES string of the molecule is Nc1c2c(cc(=O)n1-c1ccc(-n3cncn3)c(Cl)c1)C(=O)NC2=O. The number of carbonyl (C=O) groups is 2. The van der Waals surface area contributed by atoms with E-state index >= 15 is 0 Å². The summed E-state index contributed by atoms with van der Waals surface area (Å²) in [5, 5.41) is 6.40. The zero-order valence-electron chi connectivity index (χ0n) is 12.4. The molecule has 3 aromatic rings. The zero-order valence-corrected chi connectivity index (χ0v) is 13.2. The first-order chi connectivity index (χ1) is 12.0. The summed E-state index contributed by atoms with van der Waals surface area (Å²) >= 11 is 6.27. The molecule has 3 N–H and O–H groups in total. The van der Waals surface area contributed by atoms with Gasteiger partial charge in [0.05, 0.1) is 27.5 Å². The lowest BCUT2D eigenvalue weighted by Gasteiger charge is -2.13. The van der Waals surface area contributed by atoms with Gasteiger partial charge in [-0.15, -0.1) is 0 Å². The number of nitrogens with zero attached hydrogens (tertiary/aromatic N) is 4. The molecule has 2 amide bonds. The molecule has 4 rings (SSSR count). The van der Waals surface area contributed by atoms with Crippen LogP contribution in [0.2, 0.25) is 5.02 Å². The molecule has 1 aliphatic heterocycles. The van der Waals surface area contributed by atoms with Crippen molar-refractivity contribution in [2.45, 2.75) is 0 Å². The number of anilines is 1. The summed E-state index contributed by atoms with van der Waals surface area (Å²) in [4.78, 5) is 39.8. The van der Waals surface area contributed by atoms with Crippen molar-refractivity contribution in [3.8, 4) is 11.4 Å². The molecule has 1 aromatic carbocycles. The molecule has 0 bridgehead atoms. The maximum atomic E-state index is 12.4. The molecule has 0 radical (unpaired) electrons. The molecule has 1 aliphatic rings. The van der Waals surface area contributed by atoms with Crippen molar-refractivity contribution >= 4 is 29.2 Å². The number of aromatic nitrogens is 4. The van der Waals surface area contributed by atoms with Gasteiger partial charge in [0.2, 0.25) is 0 Å². The third-order valence-corrected chi connectivity index (χ3v) is 4.11. The number of hydrogen-bond acceptors (Lipinski definition) is 6. The van der Waals surface area contributed by atoms with Gasteiger partial charge in [0.1, 0.15) is 18.5 Å². The molecule has 10 heteroatoms. The summed E-state index contributed by atoms with van der Waals surface area (Å²) in [5.41, 5.74) is 6.28. The molecule has 0 aliphatic carbocycles. The topological polar surface area (TPSA) is 125 Å². The normalized spacial score (nSPS) is 13.0. The Labute approximate surface area is 144 Å². The fourth-order valence-electron chi connectivity index (χ4n) is 2.70. The van der Waals surface area contributed by atoms with Gasteiger partial charge in [-0.05, 0) is 18.2 Å². The monoisotopic (exact) mass is 356 g/mol. The van der Waals surface area contributed by atoms with Crippen LogP contribution in [0.1, 0.15) is 20.7 Å². The molecule has 0 unspecified atom stereocenters. The maximum Gasteiger partial charge on any atom is 0.262 e. The van der Waals surface area contributed by atoms with Crippen LogP contribution in [0.15, 0.2) is 41.7 Å². The van der Waals surface area contributed by atoms with Crippen molar-refractivity contribution in [3.05, 3.63) is 63.4 Å². The van der Waals surface area contributed by atoms with E-state index in [0.717, 1.165) is 10.6 Å². The van der Waals surface area contributed by atoms with Crippen LogP contribution < -0.4 is 16.6 Å². The molecule has 0 fully saturated rings. The van der Waals surface area contributed by atoms with E-state index < -0.39 is 17.4 Å². The van der Waals surface area contributed by atoms with Crippen LogP contribution in [-0.2, 0) is 0 Å². The van der Waals surface area contributed by atoms with Crippen molar-refractivity contribution in [2.24, 2.45) is 0 Å². The number of nitrogens with one attached hydrogen (secondary N) is 1. The first-order valence-electron chi connectivity index (χ1n) is 7.03. The number of rotatable bonds is 2. The van der Waals surface area contributed by atoms with E-state index in [1.54, 1.807) is 12.1 Å². The van der Waals surface area contributed by atoms with Crippen molar-refractivity contribution in [3.63, 3.8) is 0 Å². The quantitative estimate of drug-likeness (QED) is 0.645. The number of halogens is 1. The van der Waals surface area contributed by atoms with E-state index in [-0.39, 0.29) is 16.9 Å². The number of nitrogens with two attached hydrogens (primary N) is 1. The van der Waals surface area contributed by atoms with Crippen molar-refractivity contribution in [2.75, 3.05) is 5.73 Å². The minimum atomic E-state index is -0.643. The predicted molar refractivity (Wildman–Crippen MR) is 88.2 cm³/mol. The maximum absolute atomic E-state index is 12.4. The van der Waals surface area contributed by atoms with Crippen LogP contribution in [0.5, 0.6) is 0 Å². The lowest BCUT2D eigenvalue weighted by molar-refractivity contribution is 0.0880. The largest absolute Gasteiger partial charge is 0.384 e. The smallest absolute Gasteiger partial charge is 0.262 e. The fraction of sp³-hybridized carbons (Fsp3) is 0. The number of imide groups is 1. The Hall–Kier alpha value is -3.46. The van der Waals surface area contributed by atoms with E-state index in [4.69, 9.17) is 17.3 Å². The summed E-state index contributed by atoms with van der Waals surface area (Å²) in [5.74, 6) is -1.41. The molecule has 0 spiro atoms. The van der Waals surface area contributed by atoms with E-state index in [9.17, 15) is 14.4 Å². The standard InChI is InChI=1S/C15H9ClN6O3/c16-9-3-7(1-2-10(9)21-6-18-5-19-21)22-11(23)4-8-12(13(22)17)15(25)20-14(8)24/h1-6H,17H2,(H,20,24,25). The molecule has 0 saturated carbocycles. The van der Waals surface area contributed by atoms with Crippen LogP contribution in [0.4, 0.5) is 5.82 Å². The highest BCUT2D eigenvalue weighted by Crippen LogP contribution is 2.26. The van der Waals surface area contributed by atoms with Gasteiger partial charge in [-0.25, -0.2) is 9.67 Å². The Morgan fingerprint density at radius 2 is 1.92 bits per heavy atom. The van der Waals surface area contributed by atoms with Crippen molar-refractivity contribution < 1.29 is 9.59 Å². The number of carbonyl (C=O) groups excluding carboxylic acids is 2. The number of pyridine rings is 1. The Bertz CT molecular complexity index is 1100. The van der Waals surface area contributed by atoms with Crippen LogP contribution in [0, 0.1) is 0 Å². The molecule has 0 atom stereocenters. The molecule has 9 nitrogen and oxygen atoms in total. The molecule has 124 valence electrons. The minimum absolute atomic E-state index is 0.0268. The summed E-state index contributed by atoms with van der Waals surface area (Å²) in [7, 11) is 0. The lowest BCUT2D eigenvalue weighted by Crippen LogP contribution is -2.24. The Morgan fingerprint density at radius 1 is 1.12 bits per heavy atom. The minimum Gasteiger partial charge on any atom is -0.384 e. The van der Waals surface area contributed by atoms with Crippen LogP contribution >= 0.6 is 11.6 Å². The molecule has 0 saturated heterocycles.